The van der Waals surface area contributed by atoms with Crippen LogP contribution in [0.2, 0.25) is 4.34 Å². The van der Waals surface area contributed by atoms with Crippen LogP contribution >= 0.6 is 22.9 Å². The topological polar surface area (TPSA) is 61.4 Å². The molecule has 1 heterocycles. The third-order valence-corrected chi connectivity index (χ3v) is 3.43. The first-order chi connectivity index (χ1) is 7.52. The Hall–Kier alpha value is -0.780. The van der Waals surface area contributed by atoms with Crippen LogP contribution < -0.4 is 10.6 Å². The number of carbonyl (C=O) groups is 1. The third kappa shape index (κ3) is 4.00. The van der Waals surface area contributed by atoms with Crippen LogP contribution in [-0.2, 0) is 0 Å². The van der Waals surface area contributed by atoms with E-state index in [4.69, 9.17) is 16.7 Å². The summed E-state index contributed by atoms with van der Waals surface area (Å²) >= 11 is 7.24. The van der Waals surface area contributed by atoms with Gasteiger partial charge in [0, 0.05) is 4.88 Å². The second-order valence-corrected chi connectivity index (χ2v) is 5.31. The van der Waals surface area contributed by atoms with E-state index in [0.717, 1.165) is 4.88 Å². The predicted octanol–water partition coefficient (Wildman–Crippen LogP) is 2.14. The van der Waals surface area contributed by atoms with Crippen molar-refractivity contribution in [1.82, 2.24) is 10.6 Å². The lowest BCUT2D eigenvalue weighted by Gasteiger charge is -2.15. The Balaban J connectivity index is 2.45. The van der Waals surface area contributed by atoms with Crippen molar-refractivity contribution in [2.45, 2.75) is 25.9 Å². The van der Waals surface area contributed by atoms with E-state index >= 15 is 0 Å². The molecule has 0 spiro atoms. The summed E-state index contributed by atoms with van der Waals surface area (Å²) in [5.74, 6) is 0. The lowest BCUT2D eigenvalue weighted by molar-refractivity contribution is 0.218. The van der Waals surface area contributed by atoms with Crippen molar-refractivity contribution in [2.24, 2.45) is 0 Å². The van der Waals surface area contributed by atoms with E-state index in [1.54, 1.807) is 13.0 Å². The number of urea groups is 1. The number of rotatable bonds is 4. The van der Waals surface area contributed by atoms with Crippen LogP contribution in [-0.4, -0.2) is 23.8 Å². The van der Waals surface area contributed by atoms with Gasteiger partial charge in [0.1, 0.15) is 0 Å². The number of carbonyl (C=O) groups excluding carboxylic acids is 1. The number of thiophene rings is 1. The molecular weight excluding hydrogens is 248 g/mol. The standard InChI is InChI=1S/C10H15ClN2O2S/c1-6(5-14)12-10(15)13-7(2)8-3-4-9(11)16-8/h3-4,6-7,14H,5H2,1-2H3,(H2,12,13,15)/t6-,7-/m0/s1. The first-order valence-electron chi connectivity index (χ1n) is 4.96. The van der Waals surface area contributed by atoms with E-state index in [-0.39, 0.29) is 24.7 Å². The number of halogens is 1. The fraction of sp³-hybridized carbons (Fsp3) is 0.500. The van der Waals surface area contributed by atoms with Gasteiger partial charge in [-0.25, -0.2) is 4.79 Å². The molecule has 16 heavy (non-hydrogen) atoms. The largest absolute Gasteiger partial charge is 0.394 e. The van der Waals surface area contributed by atoms with Crippen LogP contribution in [0.15, 0.2) is 12.1 Å². The van der Waals surface area contributed by atoms with Gasteiger partial charge in [-0.15, -0.1) is 11.3 Å². The molecule has 90 valence electrons. The van der Waals surface area contributed by atoms with E-state index < -0.39 is 0 Å². The highest BCUT2D eigenvalue weighted by molar-refractivity contribution is 7.16. The molecule has 4 nitrogen and oxygen atoms in total. The molecule has 0 aromatic carbocycles. The maximum atomic E-state index is 11.4. The van der Waals surface area contributed by atoms with Gasteiger partial charge in [0.05, 0.1) is 23.0 Å². The van der Waals surface area contributed by atoms with E-state index in [9.17, 15) is 4.79 Å². The third-order valence-electron chi connectivity index (χ3n) is 2.02. The van der Waals surface area contributed by atoms with Gasteiger partial charge >= 0.3 is 6.03 Å². The van der Waals surface area contributed by atoms with Gasteiger partial charge in [0.2, 0.25) is 0 Å². The number of aliphatic hydroxyl groups excluding tert-OH is 1. The van der Waals surface area contributed by atoms with E-state index in [0.29, 0.717) is 4.34 Å². The molecule has 0 radical (unpaired) electrons. The average Bonchev–Trinajstić information content (AvgIpc) is 2.64. The maximum absolute atomic E-state index is 11.4. The number of aliphatic hydroxyl groups is 1. The molecule has 2 amide bonds. The molecule has 0 aliphatic heterocycles. The molecule has 2 atom stereocenters. The number of hydrogen-bond donors (Lipinski definition) is 3. The van der Waals surface area contributed by atoms with Crippen molar-refractivity contribution in [3.05, 3.63) is 21.3 Å². The Labute approximate surface area is 104 Å². The highest BCUT2D eigenvalue weighted by Crippen LogP contribution is 2.26. The molecule has 1 aromatic rings. The van der Waals surface area contributed by atoms with Gasteiger partial charge in [-0.05, 0) is 26.0 Å². The second kappa shape index (κ2) is 6.08. The lowest BCUT2D eigenvalue weighted by Crippen LogP contribution is -2.43. The molecule has 3 N–H and O–H groups in total. The molecule has 1 rings (SSSR count). The fourth-order valence-corrected chi connectivity index (χ4v) is 2.20. The Kier molecular flexibility index (Phi) is 5.05. The van der Waals surface area contributed by atoms with Gasteiger partial charge in [-0.3, -0.25) is 0 Å². The minimum absolute atomic E-state index is 0.0768. The molecule has 1 aromatic heterocycles. The highest BCUT2D eigenvalue weighted by atomic mass is 35.5. The smallest absolute Gasteiger partial charge is 0.315 e. The minimum atomic E-state index is -0.293. The molecule has 0 unspecified atom stereocenters. The molecule has 0 bridgehead atoms. The van der Waals surface area contributed by atoms with Crippen molar-refractivity contribution in [3.63, 3.8) is 0 Å². The van der Waals surface area contributed by atoms with Crippen molar-refractivity contribution in [1.29, 1.82) is 0 Å². The van der Waals surface area contributed by atoms with E-state index in [2.05, 4.69) is 10.6 Å². The van der Waals surface area contributed by atoms with Gasteiger partial charge in [0.25, 0.3) is 0 Å². The zero-order valence-corrected chi connectivity index (χ0v) is 10.7. The monoisotopic (exact) mass is 262 g/mol. The van der Waals surface area contributed by atoms with Gasteiger partial charge in [0.15, 0.2) is 0 Å². The Morgan fingerprint density at radius 1 is 1.50 bits per heavy atom. The SMILES string of the molecule is C[C@H](NC(=O)N[C@@H](C)CO)c1ccc(Cl)s1. The van der Waals surface area contributed by atoms with Crippen LogP contribution in [0.4, 0.5) is 4.79 Å². The second-order valence-electron chi connectivity index (χ2n) is 3.56. The lowest BCUT2D eigenvalue weighted by atomic mass is 10.3. The average molecular weight is 263 g/mol. The quantitative estimate of drug-likeness (QED) is 0.779. The summed E-state index contributed by atoms with van der Waals surface area (Å²) in [4.78, 5) is 12.4. The summed E-state index contributed by atoms with van der Waals surface area (Å²) in [5, 5.41) is 14.2. The Bertz CT molecular complexity index is 356. The minimum Gasteiger partial charge on any atom is -0.394 e. The molecule has 0 saturated carbocycles. The molecule has 0 fully saturated rings. The highest BCUT2D eigenvalue weighted by Gasteiger charge is 2.12. The molecule has 6 heteroatoms. The zero-order valence-electron chi connectivity index (χ0n) is 9.16. The van der Waals surface area contributed by atoms with Crippen molar-refractivity contribution >= 4 is 29.0 Å². The Morgan fingerprint density at radius 3 is 2.69 bits per heavy atom. The summed E-state index contributed by atoms with van der Waals surface area (Å²) in [5.41, 5.74) is 0. The van der Waals surface area contributed by atoms with E-state index in [1.807, 2.05) is 13.0 Å². The number of hydrogen-bond acceptors (Lipinski definition) is 3. The van der Waals surface area contributed by atoms with Crippen molar-refractivity contribution < 1.29 is 9.90 Å². The van der Waals surface area contributed by atoms with Crippen LogP contribution in [0, 0.1) is 0 Å². The van der Waals surface area contributed by atoms with Crippen molar-refractivity contribution in [2.75, 3.05) is 6.61 Å². The first kappa shape index (κ1) is 13.3. The van der Waals surface area contributed by atoms with Gasteiger partial charge in [-0.2, -0.15) is 0 Å². The summed E-state index contributed by atoms with van der Waals surface area (Å²) < 4.78 is 0.702. The summed E-state index contributed by atoms with van der Waals surface area (Å²) in [6.07, 6.45) is 0. The summed E-state index contributed by atoms with van der Waals surface area (Å²) in [7, 11) is 0. The Morgan fingerprint density at radius 2 is 2.19 bits per heavy atom. The predicted molar refractivity (Wildman–Crippen MR) is 66.0 cm³/mol. The van der Waals surface area contributed by atoms with Crippen LogP contribution in [0.5, 0.6) is 0 Å². The first-order valence-corrected chi connectivity index (χ1v) is 6.15. The van der Waals surface area contributed by atoms with Crippen molar-refractivity contribution in [3.8, 4) is 0 Å². The normalized spacial score (nSPS) is 14.2. The zero-order chi connectivity index (χ0) is 12.1. The van der Waals surface area contributed by atoms with Crippen LogP contribution in [0.25, 0.3) is 0 Å². The van der Waals surface area contributed by atoms with Crippen LogP contribution in [0.3, 0.4) is 0 Å². The number of amides is 2. The molecular formula is C10H15ClN2O2S. The van der Waals surface area contributed by atoms with E-state index in [1.165, 1.54) is 11.3 Å². The fourth-order valence-electron chi connectivity index (χ4n) is 1.14. The maximum Gasteiger partial charge on any atom is 0.315 e. The molecule has 0 aliphatic carbocycles. The van der Waals surface area contributed by atoms with Gasteiger partial charge < -0.3 is 15.7 Å². The van der Waals surface area contributed by atoms with Gasteiger partial charge in [-0.1, -0.05) is 11.6 Å². The molecule has 0 aliphatic rings. The van der Waals surface area contributed by atoms with Crippen LogP contribution in [0.1, 0.15) is 24.8 Å². The molecule has 0 saturated heterocycles. The number of nitrogens with one attached hydrogen (secondary N) is 2. The summed E-state index contributed by atoms with van der Waals surface area (Å²) in [6.45, 7) is 3.53. The summed E-state index contributed by atoms with van der Waals surface area (Å²) in [6, 6.07) is 3.04.